The third-order valence-electron chi connectivity index (χ3n) is 6.33. The molecule has 3 aromatic carbocycles. The smallest absolute Gasteiger partial charge is 0.135 e. The van der Waals surface area contributed by atoms with Gasteiger partial charge in [0.1, 0.15) is 6.23 Å². The first kappa shape index (κ1) is 13.4. The molecule has 3 heterocycles. The lowest BCUT2D eigenvalue weighted by Crippen LogP contribution is -2.09. The normalized spacial score (nSPS) is 24.8. The van der Waals surface area contributed by atoms with Gasteiger partial charge in [-0.25, -0.2) is 0 Å². The quantitative estimate of drug-likeness (QED) is 0.415. The summed E-state index contributed by atoms with van der Waals surface area (Å²) in [5.74, 6) is 0.762. The summed E-state index contributed by atoms with van der Waals surface area (Å²) in [6, 6.07) is 21.9. The Morgan fingerprint density at radius 1 is 0.808 bits per heavy atom. The second kappa shape index (κ2) is 4.49. The van der Waals surface area contributed by atoms with Crippen LogP contribution in [0.2, 0.25) is 0 Å². The first-order chi connectivity index (χ1) is 12.9. The fourth-order valence-corrected chi connectivity index (χ4v) is 5.02. The van der Waals surface area contributed by atoms with E-state index in [-0.39, 0.29) is 6.23 Å². The van der Waals surface area contributed by atoms with Gasteiger partial charge in [0.25, 0.3) is 0 Å². The standard InChI is InChI=1S/C23H18N2O/c1-3-7-18-14(5-1)16-9-10-17-15-6-2-4-8-19(15)25(23(17)22(16)24-18)21-12-13-11-20(13)26-21/h1-10,13,20-21,24H,11-12H2/t13?,20?,21-/m0/s1. The van der Waals surface area contributed by atoms with Gasteiger partial charge in [-0.15, -0.1) is 0 Å². The van der Waals surface area contributed by atoms with Gasteiger partial charge in [0.2, 0.25) is 0 Å². The molecule has 1 saturated carbocycles. The fraction of sp³-hybridized carbons (Fsp3) is 0.217. The molecule has 7 rings (SSSR count). The van der Waals surface area contributed by atoms with Crippen molar-refractivity contribution in [2.24, 2.45) is 5.92 Å². The maximum atomic E-state index is 6.37. The van der Waals surface area contributed by atoms with E-state index in [1.54, 1.807) is 0 Å². The Balaban J connectivity index is 1.68. The molecule has 5 aromatic rings. The third kappa shape index (κ3) is 1.57. The van der Waals surface area contributed by atoms with E-state index in [2.05, 4.69) is 70.2 Å². The highest BCUT2D eigenvalue weighted by molar-refractivity contribution is 6.22. The summed E-state index contributed by atoms with van der Waals surface area (Å²) in [6.07, 6.45) is 3.01. The number of rotatable bonds is 1. The molecule has 1 saturated heterocycles. The summed E-state index contributed by atoms with van der Waals surface area (Å²) in [7, 11) is 0. The number of aromatic nitrogens is 2. The first-order valence-corrected chi connectivity index (χ1v) is 9.46. The van der Waals surface area contributed by atoms with Gasteiger partial charge in [-0.3, -0.25) is 0 Å². The molecule has 2 aliphatic rings. The van der Waals surface area contributed by atoms with E-state index < -0.39 is 0 Å². The number of benzene rings is 3. The number of hydrogen-bond acceptors (Lipinski definition) is 1. The van der Waals surface area contributed by atoms with E-state index >= 15 is 0 Å². The van der Waals surface area contributed by atoms with E-state index in [1.807, 2.05) is 0 Å². The molecule has 1 aliphatic heterocycles. The zero-order valence-corrected chi connectivity index (χ0v) is 14.3. The Labute approximate surface area is 150 Å². The van der Waals surface area contributed by atoms with Crippen LogP contribution < -0.4 is 0 Å². The van der Waals surface area contributed by atoms with E-state index in [1.165, 1.54) is 50.0 Å². The van der Waals surface area contributed by atoms with Crippen LogP contribution in [-0.4, -0.2) is 15.7 Å². The van der Waals surface area contributed by atoms with E-state index in [0.29, 0.717) is 6.10 Å². The fourth-order valence-electron chi connectivity index (χ4n) is 5.02. The summed E-state index contributed by atoms with van der Waals surface area (Å²) >= 11 is 0. The molecule has 0 spiro atoms. The molecular formula is C23H18N2O. The number of ether oxygens (including phenoxy) is 1. The summed E-state index contributed by atoms with van der Waals surface area (Å²) in [6.45, 7) is 0. The molecule has 2 aromatic heterocycles. The van der Waals surface area contributed by atoms with Crippen molar-refractivity contribution >= 4 is 43.6 Å². The first-order valence-electron chi connectivity index (χ1n) is 9.46. The van der Waals surface area contributed by atoms with Crippen LogP contribution in [0.5, 0.6) is 0 Å². The van der Waals surface area contributed by atoms with Gasteiger partial charge in [0.05, 0.1) is 22.7 Å². The topological polar surface area (TPSA) is 29.9 Å². The Morgan fingerprint density at radius 3 is 2.50 bits per heavy atom. The molecule has 0 radical (unpaired) electrons. The lowest BCUT2D eigenvalue weighted by Gasteiger charge is -2.17. The summed E-state index contributed by atoms with van der Waals surface area (Å²) in [4.78, 5) is 3.69. The Bertz CT molecular complexity index is 1330. The molecule has 3 heteroatoms. The van der Waals surface area contributed by atoms with Crippen molar-refractivity contribution in [2.75, 3.05) is 0 Å². The van der Waals surface area contributed by atoms with Crippen LogP contribution in [-0.2, 0) is 4.74 Å². The van der Waals surface area contributed by atoms with Crippen LogP contribution in [0.3, 0.4) is 0 Å². The molecule has 0 bridgehead atoms. The predicted octanol–water partition coefficient (Wildman–Crippen LogP) is 5.74. The van der Waals surface area contributed by atoms with Gasteiger partial charge >= 0.3 is 0 Å². The summed E-state index contributed by atoms with van der Waals surface area (Å²) < 4.78 is 8.82. The lowest BCUT2D eigenvalue weighted by atomic mass is 10.1. The second-order valence-electron chi connectivity index (χ2n) is 7.80. The number of hydrogen-bond donors (Lipinski definition) is 1. The summed E-state index contributed by atoms with van der Waals surface area (Å²) in [5, 5.41) is 5.20. The highest BCUT2D eigenvalue weighted by Gasteiger charge is 2.48. The Morgan fingerprint density at radius 2 is 1.62 bits per heavy atom. The molecule has 3 nitrogen and oxygen atoms in total. The van der Waals surface area contributed by atoms with Gasteiger partial charge < -0.3 is 14.3 Å². The maximum Gasteiger partial charge on any atom is 0.135 e. The molecule has 2 unspecified atom stereocenters. The van der Waals surface area contributed by atoms with Crippen molar-refractivity contribution in [2.45, 2.75) is 25.2 Å². The highest BCUT2D eigenvalue weighted by atomic mass is 16.5. The van der Waals surface area contributed by atoms with Crippen LogP contribution >= 0.6 is 0 Å². The number of nitrogens with zero attached hydrogens (tertiary/aromatic N) is 1. The molecule has 0 amide bonds. The van der Waals surface area contributed by atoms with Crippen molar-refractivity contribution < 1.29 is 4.74 Å². The molecular weight excluding hydrogens is 320 g/mol. The number of fused-ring (bicyclic) bond motifs is 8. The van der Waals surface area contributed by atoms with Crippen molar-refractivity contribution in [3.8, 4) is 0 Å². The molecule has 26 heavy (non-hydrogen) atoms. The Hall–Kier alpha value is -2.78. The average Bonchev–Trinajstić information content (AvgIpc) is 3.05. The largest absolute Gasteiger partial charge is 0.354 e. The molecule has 3 atom stereocenters. The van der Waals surface area contributed by atoms with Gasteiger partial charge in [-0.05, 0) is 30.9 Å². The van der Waals surface area contributed by atoms with Gasteiger partial charge in [0.15, 0.2) is 0 Å². The minimum atomic E-state index is 0.151. The van der Waals surface area contributed by atoms with Crippen molar-refractivity contribution in [1.82, 2.24) is 9.55 Å². The molecule has 1 aliphatic carbocycles. The molecule has 126 valence electrons. The van der Waals surface area contributed by atoms with Crippen LogP contribution in [0.1, 0.15) is 19.1 Å². The second-order valence-corrected chi connectivity index (χ2v) is 7.80. The zero-order chi connectivity index (χ0) is 16.8. The van der Waals surface area contributed by atoms with Crippen LogP contribution in [0.15, 0.2) is 60.7 Å². The van der Waals surface area contributed by atoms with Crippen molar-refractivity contribution in [3.05, 3.63) is 60.7 Å². The average molecular weight is 338 g/mol. The van der Waals surface area contributed by atoms with Crippen LogP contribution in [0, 0.1) is 5.92 Å². The SMILES string of the molecule is c1ccc2c(c1)[nH]c1c2ccc2c3ccccc3n([C@@H]3CC4CC4O3)c21. The van der Waals surface area contributed by atoms with Crippen LogP contribution in [0.25, 0.3) is 43.6 Å². The number of H-pyrrole nitrogens is 1. The predicted molar refractivity (Wildman–Crippen MR) is 105 cm³/mol. The van der Waals surface area contributed by atoms with E-state index in [9.17, 15) is 0 Å². The highest BCUT2D eigenvalue weighted by Crippen LogP contribution is 2.51. The third-order valence-corrected chi connectivity index (χ3v) is 6.33. The lowest BCUT2D eigenvalue weighted by molar-refractivity contribution is 0.0286. The number of nitrogens with one attached hydrogen (secondary N) is 1. The van der Waals surface area contributed by atoms with Gasteiger partial charge in [-0.1, -0.05) is 48.5 Å². The minimum Gasteiger partial charge on any atom is -0.354 e. The van der Waals surface area contributed by atoms with E-state index in [4.69, 9.17) is 4.74 Å². The van der Waals surface area contributed by atoms with Crippen LogP contribution in [0.4, 0.5) is 0 Å². The monoisotopic (exact) mass is 338 g/mol. The summed E-state index contributed by atoms with van der Waals surface area (Å²) in [5.41, 5.74) is 4.98. The zero-order valence-electron chi connectivity index (χ0n) is 14.3. The molecule has 2 fully saturated rings. The van der Waals surface area contributed by atoms with E-state index in [0.717, 1.165) is 12.3 Å². The number of para-hydroxylation sites is 2. The number of aromatic amines is 1. The van der Waals surface area contributed by atoms with Gasteiger partial charge in [-0.2, -0.15) is 0 Å². The molecule has 1 N–H and O–H groups in total. The van der Waals surface area contributed by atoms with Crippen molar-refractivity contribution in [3.63, 3.8) is 0 Å². The van der Waals surface area contributed by atoms with Gasteiger partial charge in [0, 0.05) is 27.1 Å². The van der Waals surface area contributed by atoms with Crippen molar-refractivity contribution in [1.29, 1.82) is 0 Å². The Kier molecular flexibility index (Phi) is 2.32. The maximum absolute atomic E-state index is 6.37. The minimum absolute atomic E-state index is 0.151.